The minimum atomic E-state index is -0.359. The molecule has 1 aromatic heterocycles. The third-order valence-electron chi connectivity index (χ3n) is 3.07. The van der Waals surface area contributed by atoms with Gasteiger partial charge in [0.05, 0.1) is 34.9 Å². The van der Waals surface area contributed by atoms with Crippen LogP contribution in [0.5, 0.6) is 0 Å². The summed E-state index contributed by atoms with van der Waals surface area (Å²) in [6, 6.07) is 5.04. The first-order valence-electron chi connectivity index (χ1n) is 6.91. The van der Waals surface area contributed by atoms with Crippen LogP contribution in [0.15, 0.2) is 24.4 Å². The fourth-order valence-electron chi connectivity index (χ4n) is 2.05. The van der Waals surface area contributed by atoms with Gasteiger partial charge in [-0.1, -0.05) is 6.92 Å². The largest absolute Gasteiger partial charge is 0.462 e. The Labute approximate surface area is 123 Å². The van der Waals surface area contributed by atoms with Crippen LogP contribution in [0, 0.1) is 0 Å². The summed E-state index contributed by atoms with van der Waals surface area (Å²) < 4.78 is 6.74. The van der Waals surface area contributed by atoms with Crippen LogP contribution in [0.25, 0.3) is 0 Å². The molecule has 6 nitrogen and oxygen atoms in total. The van der Waals surface area contributed by atoms with E-state index in [9.17, 15) is 4.79 Å². The van der Waals surface area contributed by atoms with E-state index in [2.05, 4.69) is 10.4 Å². The van der Waals surface area contributed by atoms with Crippen LogP contribution in [0.3, 0.4) is 0 Å². The Kier molecular flexibility index (Phi) is 4.47. The average molecular weight is 288 g/mol. The highest BCUT2D eigenvalue weighted by Gasteiger charge is 2.12. The van der Waals surface area contributed by atoms with Crippen LogP contribution in [0.2, 0.25) is 0 Å². The van der Waals surface area contributed by atoms with Gasteiger partial charge in [0.15, 0.2) is 0 Å². The number of rotatable bonds is 5. The number of nitrogens with one attached hydrogen (secondary N) is 1. The molecule has 0 saturated heterocycles. The number of benzene rings is 1. The number of carbonyl (C=O) groups excluding carboxylic acids is 1. The summed E-state index contributed by atoms with van der Waals surface area (Å²) in [5.41, 5.74) is 9.49. The zero-order valence-electron chi connectivity index (χ0n) is 12.5. The maximum Gasteiger partial charge on any atom is 0.338 e. The highest BCUT2D eigenvalue weighted by Crippen LogP contribution is 2.26. The molecule has 112 valence electrons. The van der Waals surface area contributed by atoms with Crippen molar-refractivity contribution in [3.05, 3.63) is 35.7 Å². The Bertz CT molecular complexity index is 649. The van der Waals surface area contributed by atoms with Gasteiger partial charge in [-0.25, -0.2) is 4.79 Å². The zero-order chi connectivity index (χ0) is 15.4. The Balaban J connectivity index is 2.30. The highest BCUT2D eigenvalue weighted by atomic mass is 16.5. The summed E-state index contributed by atoms with van der Waals surface area (Å²) in [7, 11) is 1.86. The van der Waals surface area contributed by atoms with E-state index in [0.717, 1.165) is 17.8 Å². The maximum absolute atomic E-state index is 11.8. The number of carbonyl (C=O) groups is 1. The molecule has 3 N–H and O–H groups in total. The molecule has 1 heterocycles. The summed E-state index contributed by atoms with van der Waals surface area (Å²) in [6.07, 6.45) is 2.69. The lowest BCUT2D eigenvalue weighted by molar-refractivity contribution is 0.0526. The summed E-state index contributed by atoms with van der Waals surface area (Å²) in [5, 5.41) is 7.60. The molecule has 0 bridgehead atoms. The lowest BCUT2D eigenvalue weighted by Crippen LogP contribution is -2.06. The fraction of sp³-hybridized carbons (Fsp3) is 0.333. The molecule has 0 aliphatic heterocycles. The normalized spacial score (nSPS) is 10.4. The molecule has 0 fully saturated rings. The molecule has 0 radical (unpaired) electrons. The van der Waals surface area contributed by atoms with Crippen molar-refractivity contribution >= 4 is 23.0 Å². The van der Waals surface area contributed by atoms with E-state index in [4.69, 9.17) is 10.5 Å². The van der Waals surface area contributed by atoms with Crippen LogP contribution in [0.4, 0.5) is 17.1 Å². The number of ether oxygens (including phenoxy) is 1. The van der Waals surface area contributed by atoms with Gasteiger partial charge < -0.3 is 15.8 Å². The number of aromatic nitrogens is 2. The first kappa shape index (κ1) is 14.9. The van der Waals surface area contributed by atoms with E-state index in [1.807, 2.05) is 20.2 Å². The Morgan fingerprint density at radius 1 is 1.38 bits per heavy atom. The predicted octanol–water partition coefficient (Wildman–Crippen LogP) is 2.49. The summed E-state index contributed by atoms with van der Waals surface area (Å²) in [4.78, 5) is 11.8. The Morgan fingerprint density at radius 3 is 2.81 bits per heavy atom. The SMILES string of the molecule is CCOC(=O)c1ccc(N)c(Nc2cn(C)nc2CC)c1. The van der Waals surface area contributed by atoms with Crippen molar-refractivity contribution in [3.63, 3.8) is 0 Å². The molecule has 0 unspecified atom stereocenters. The van der Waals surface area contributed by atoms with Gasteiger partial charge >= 0.3 is 5.97 Å². The quantitative estimate of drug-likeness (QED) is 0.652. The smallest absolute Gasteiger partial charge is 0.338 e. The summed E-state index contributed by atoms with van der Waals surface area (Å²) in [5.74, 6) is -0.359. The van der Waals surface area contributed by atoms with E-state index in [-0.39, 0.29) is 5.97 Å². The summed E-state index contributed by atoms with van der Waals surface area (Å²) >= 11 is 0. The molecule has 0 amide bonds. The minimum absolute atomic E-state index is 0.342. The van der Waals surface area contributed by atoms with Crippen LogP contribution in [-0.2, 0) is 18.2 Å². The number of nitrogen functional groups attached to an aromatic ring is 1. The monoisotopic (exact) mass is 288 g/mol. The Hall–Kier alpha value is -2.50. The maximum atomic E-state index is 11.8. The molecular weight excluding hydrogens is 268 g/mol. The van der Waals surface area contributed by atoms with E-state index in [0.29, 0.717) is 23.5 Å². The molecule has 1 aromatic carbocycles. The molecule has 0 aliphatic carbocycles. The number of nitrogens with zero attached hydrogens (tertiary/aromatic N) is 2. The molecular formula is C15H20N4O2. The zero-order valence-corrected chi connectivity index (χ0v) is 12.5. The van der Waals surface area contributed by atoms with Crippen molar-refractivity contribution in [1.29, 1.82) is 0 Å². The van der Waals surface area contributed by atoms with E-state index < -0.39 is 0 Å². The average Bonchev–Trinajstić information content (AvgIpc) is 2.81. The van der Waals surface area contributed by atoms with Crippen LogP contribution >= 0.6 is 0 Å². The second kappa shape index (κ2) is 6.30. The third kappa shape index (κ3) is 3.34. The van der Waals surface area contributed by atoms with Crippen molar-refractivity contribution < 1.29 is 9.53 Å². The topological polar surface area (TPSA) is 82.2 Å². The summed E-state index contributed by atoms with van der Waals surface area (Å²) in [6.45, 7) is 4.15. The molecule has 0 saturated carbocycles. The van der Waals surface area contributed by atoms with Crippen molar-refractivity contribution in [2.24, 2.45) is 7.05 Å². The lowest BCUT2D eigenvalue weighted by Gasteiger charge is -2.10. The molecule has 6 heteroatoms. The first-order valence-corrected chi connectivity index (χ1v) is 6.91. The molecule has 0 aliphatic rings. The Morgan fingerprint density at radius 2 is 2.14 bits per heavy atom. The number of aryl methyl sites for hydroxylation is 2. The van der Waals surface area contributed by atoms with Gasteiger partial charge in [-0.3, -0.25) is 4.68 Å². The molecule has 21 heavy (non-hydrogen) atoms. The van der Waals surface area contributed by atoms with E-state index in [1.165, 1.54) is 0 Å². The predicted molar refractivity (Wildman–Crippen MR) is 82.7 cm³/mol. The second-order valence-corrected chi connectivity index (χ2v) is 4.66. The van der Waals surface area contributed by atoms with Crippen molar-refractivity contribution in [1.82, 2.24) is 9.78 Å². The van der Waals surface area contributed by atoms with Gasteiger partial charge in [0, 0.05) is 13.2 Å². The van der Waals surface area contributed by atoms with Gasteiger partial charge in [0.2, 0.25) is 0 Å². The lowest BCUT2D eigenvalue weighted by atomic mass is 10.1. The van der Waals surface area contributed by atoms with Gasteiger partial charge in [0.25, 0.3) is 0 Å². The highest BCUT2D eigenvalue weighted by molar-refractivity contribution is 5.92. The van der Waals surface area contributed by atoms with Crippen LogP contribution in [-0.4, -0.2) is 22.4 Å². The van der Waals surface area contributed by atoms with E-state index >= 15 is 0 Å². The van der Waals surface area contributed by atoms with Crippen LogP contribution < -0.4 is 11.1 Å². The standard InChI is InChI=1S/C15H20N4O2/c1-4-12-14(9-19(3)18-12)17-13-8-10(6-7-11(13)16)15(20)21-5-2/h6-9,17H,4-5,16H2,1-3H3. The minimum Gasteiger partial charge on any atom is -0.462 e. The molecule has 0 spiro atoms. The molecule has 0 atom stereocenters. The number of esters is 1. The van der Waals surface area contributed by atoms with E-state index in [1.54, 1.807) is 29.8 Å². The van der Waals surface area contributed by atoms with Gasteiger partial charge in [-0.15, -0.1) is 0 Å². The van der Waals surface area contributed by atoms with Gasteiger partial charge in [0.1, 0.15) is 0 Å². The van der Waals surface area contributed by atoms with Crippen molar-refractivity contribution in [2.75, 3.05) is 17.7 Å². The number of anilines is 3. The van der Waals surface area contributed by atoms with Crippen LogP contribution in [0.1, 0.15) is 29.9 Å². The molecule has 2 aromatic rings. The number of hydrogen-bond acceptors (Lipinski definition) is 5. The number of nitrogens with two attached hydrogens (primary N) is 1. The third-order valence-corrected chi connectivity index (χ3v) is 3.07. The molecule has 2 rings (SSSR count). The number of hydrogen-bond donors (Lipinski definition) is 2. The van der Waals surface area contributed by atoms with Gasteiger partial charge in [-0.2, -0.15) is 5.10 Å². The first-order chi connectivity index (χ1) is 10.0. The van der Waals surface area contributed by atoms with Gasteiger partial charge in [-0.05, 0) is 31.5 Å². The van der Waals surface area contributed by atoms with Crippen molar-refractivity contribution in [2.45, 2.75) is 20.3 Å². The second-order valence-electron chi connectivity index (χ2n) is 4.66. The van der Waals surface area contributed by atoms with Crippen molar-refractivity contribution in [3.8, 4) is 0 Å². The fourth-order valence-corrected chi connectivity index (χ4v) is 2.05.